The minimum absolute atomic E-state index is 0.179. The van der Waals surface area contributed by atoms with Crippen molar-refractivity contribution < 1.29 is 4.92 Å². The number of benzene rings is 1. The predicted molar refractivity (Wildman–Crippen MR) is 80.3 cm³/mol. The first-order valence-corrected chi connectivity index (χ1v) is 7.19. The van der Waals surface area contributed by atoms with E-state index in [2.05, 4.69) is 15.9 Å². The molecule has 1 aromatic carbocycles. The van der Waals surface area contributed by atoms with Gasteiger partial charge in [0, 0.05) is 30.1 Å². The Balaban J connectivity index is 2.27. The summed E-state index contributed by atoms with van der Waals surface area (Å²) in [5, 5.41) is 11.5. The maximum Gasteiger partial charge on any atom is 0.332 e. The van der Waals surface area contributed by atoms with Gasteiger partial charge in [-0.2, -0.15) is 0 Å². The summed E-state index contributed by atoms with van der Waals surface area (Å²) in [7, 11) is 0. The van der Waals surface area contributed by atoms with Crippen LogP contribution in [0.1, 0.15) is 11.5 Å². The summed E-state index contributed by atoms with van der Waals surface area (Å²) < 4.78 is 1.68. The number of aromatic nitrogens is 1. The number of pyridine rings is 1. The molecule has 2 rings (SSSR count). The van der Waals surface area contributed by atoms with Crippen molar-refractivity contribution in [3.63, 3.8) is 0 Å². The first-order valence-electron chi connectivity index (χ1n) is 6.07. The summed E-state index contributed by atoms with van der Waals surface area (Å²) in [6.07, 6.45) is 2.87. The van der Waals surface area contributed by atoms with Crippen molar-refractivity contribution >= 4 is 21.6 Å². The van der Waals surface area contributed by atoms with Crippen LogP contribution in [0.3, 0.4) is 0 Å². The number of alkyl halides is 1. The van der Waals surface area contributed by atoms with Gasteiger partial charge in [0.15, 0.2) is 0 Å². The molecule has 0 saturated heterocycles. The Morgan fingerprint density at radius 2 is 1.95 bits per heavy atom. The van der Waals surface area contributed by atoms with Crippen LogP contribution in [-0.4, -0.2) is 14.8 Å². The Bertz CT molecular complexity index is 655. The largest absolute Gasteiger partial charge is 0.347 e. The molecule has 0 saturated carbocycles. The lowest BCUT2D eigenvalue weighted by Crippen LogP contribution is -2.15. The number of rotatable bonds is 5. The summed E-state index contributed by atoms with van der Waals surface area (Å²) in [4.78, 5) is 21.5. The van der Waals surface area contributed by atoms with Crippen molar-refractivity contribution in [2.45, 2.75) is 12.5 Å². The van der Waals surface area contributed by atoms with Gasteiger partial charge in [0.25, 0.3) is 5.43 Å². The Morgan fingerprint density at radius 3 is 2.55 bits per heavy atom. The van der Waals surface area contributed by atoms with Crippen molar-refractivity contribution in [1.82, 2.24) is 4.57 Å². The van der Waals surface area contributed by atoms with Crippen LogP contribution in [0.2, 0.25) is 0 Å². The van der Waals surface area contributed by atoms with Crippen LogP contribution < -0.4 is 5.43 Å². The van der Waals surface area contributed by atoms with E-state index >= 15 is 0 Å². The zero-order chi connectivity index (χ0) is 14.5. The van der Waals surface area contributed by atoms with Crippen LogP contribution in [-0.2, 0) is 6.54 Å². The molecule has 0 N–H and O–H groups in total. The average molecular weight is 337 g/mol. The molecule has 1 heterocycles. The molecule has 0 radical (unpaired) electrons. The van der Waals surface area contributed by atoms with E-state index in [1.807, 2.05) is 30.3 Å². The van der Waals surface area contributed by atoms with Crippen molar-refractivity contribution in [2.75, 3.05) is 5.33 Å². The molecule has 0 aliphatic heterocycles. The fourth-order valence-electron chi connectivity index (χ4n) is 1.99. The van der Waals surface area contributed by atoms with Gasteiger partial charge in [-0.05, 0) is 5.56 Å². The van der Waals surface area contributed by atoms with E-state index in [0.29, 0.717) is 6.54 Å². The third-order valence-corrected chi connectivity index (χ3v) is 3.82. The molecule has 1 unspecified atom stereocenters. The molecule has 0 fully saturated rings. The molecule has 0 aliphatic rings. The summed E-state index contributed by atoms with van der Waals surface area (Å²) in [6.45, 7) is 0.566. The fraction of sp³-hybridized carbons (Fsp3) is 0.214. The molecular weight excluding hydrogens is 324 g/mol. The fourth-order valence-corrected chi connectivity index (χ4v) is 2.56. The molecule has 6 heteroatoms. The highest BCUT2D eigenvalue weighted by molar-refractivity contribution is 9.09. The van der Waals surface area contributed by atoms with Crippen molar-refractivity contribution in [1.29, 1.82) is 0 Å². The summed E-state index contributed by atoms with van der Waals surface area (Å²) in [5.41, 5.74) is 0.181. The van der Waals surface area contributed by atoms with Gasteiger partial charge in [0.1, 0.15) is 0 Å². The maximum absolute atomic E-state index is 11.4. The average Bonchev–Trinajstić information content (AvgIpc) is 2.47. The number of hydrogen-bond donors (Lipinski definition) is 0. The van der Waals surface area contributed by atoms with Gasteiger partial charge >= 0.3 is 5.69 Å². The number of nitrogens with zero attached hydrogens (tertiary/aromatic N) is 2. The molecule has 5 nitrogen and oxygen atoms in total. The first kappa shape index (κ1) is 14.5. The Morgan fingerprint density at radius 1 is 1.25 bits per heavy atom. The van der Waals surface area contributed by atoms with Crippen LogP contribution in [0.15, 0.2) is 53.6 Å². The van der Waals surface area contributed by atoms with E-state index < -0.39 is 16.0 Å². The lowest BCUT2D eigenvalue weighted by atomic mass is 10.0. The summed E-state index contributed by atoms with van der Waals surface area (Å²) in [5.74, 6) is 0.179. The van der Waals surface area contributed by atoms with Gasteiger partial charge in [0.2, 0.25) is 0 Å². The molecule has 0 amide bonds. The Kier molecular flexibility index (Phi) is 4.68. The van der Waals surface area contributed by atoms with E-state index in [9.17, 15) is 14.9 Å². The van der Waals surface area contributed by atoms with Crippen molar-refractivity contribution in [3.8, 4) is 0 Å². The molecule has 104 valence electrons. The first-order chi connectivity index (χ1) is 9.61. The minimum atomic E-state index is -0.648. The molecule has 2 aromatic rings. The molecule has 0 bridgehead atoms. The van der Waals surface area contributed by atoms with Gasteiger partial charge in [-0.15, -0.1) is 0 Å². The third-order valence-electron chi connectivity index (χ3n) is 3.04. The smallest absolute Gasteiger partial charge is 0.332 e. The molecular formula is C14H13BrN2O3. The van der Waals surface area contributed by atoms with Crippen molar-refractivity contribution in [2.24, 2.45) is 0 Å². The monoisotopic (exact) mass is 336 g/mol. The molecule has 1 aromatic heterocycles. The van der Waals surface area contributed by atoms with Crippen LogP contribution in [0.4, 0.5) is 5.69 Å². The number of halogens is 1. The highest BCUT2D eigenvalue weighted by Gasteiger charge is 2.15. The predicted octanol–water partition coefficient (Wildman–Crippen LogP) is 2.94. The topological polar surface area (TPSA) is 65.1 Å². The standard InChI is InChI=1S/C14H13BrN2O3/c15-8-12(11-4-2-1-3-5-11)9-16-7-6-14(18)13(10-16)17(19)20/h1-7,10,12H,8-9H2. The van der Waals surface area contributed by atoms with Crippen LogP contribution in [0.5, 0.6) is 0 Å². The molecule has 0 aliphatic carbocycles. The Labute approximate surface area is 124 Å². The third kappa shape index (κ3) is 3.33. The second-order valence-corrected chi connectivity index (χ2v) is 5.06. The van der Waals surface area contributed by atoms with Crippen LogP contribution >= 0.6 is 15.9 Å². The van der Waals surface area contributed by atoms with Crippen LogP contribution in [0, 0.1) is 10.1 Å². The van der Waals surface area contributed by atoms with Gasteiger partial charge in [-0.25, -0.2) is 0 Å². The lowest BCUT2D eigenvalue weighted by Gasteiger charge is -2.16. The van der Waals surface area contributed by atoms with E-state index in [4.69, 9.17) is 0 Å². The van der Waals surface area contributed by atoms with E-state index in [1.54, 1.807) is 10.8 Å². The summed E-state index contributed by atoms with van der Waals surface area (Å²) >= 11 is 3.46. The van der Waals surface area contributed by atoms with E-state index in [1.165, 1.54) is 12.3 Å². The highest BCUT2D eigenvalue weighted by atomic mass is 79.9. The second kappa shape index (κ2) is 6.47. The van der Waals surface area contributed by atoms with Crippen molar-refractivity contribution in [3.05, 3.63) is 74.7 Å². The zero-order valence-corrected chi connectivity index (χ0v) is 12.2. The number of nitro groups is 1. The minimum Gasteiger partial charge on any atom is -0.347 e. The molecule has 0 spiro atoms. The summed E-state index contributed by atoms with van der Waals surface area (Å²) in [6, 6.07) is 11.1. The highest BCUT2D eigenvalue weighted by Crippen LogP contribution is 2.20. The lowest BCUT2D eigenvalue weighted by molar-refractivity contribution is -0.386. The number of hydrogen-bond acceptors (Lipinski definition) is 3. The maximum atomic E-state index is 11.4. The normalized spacial score (nSPS) is 12.1. The van der Waals surface area contributed by atoms with E-state index in [-0.39, 0.29) is 5.92 Å². The zero-order valence-electron chi connectivity index (χ0n) is 10.6. The van der Waals surface area contributed by atoms with Gasteiger partial charge in [-0.3, -0.25) is 14.9 Å². The second-order valence-electron chi connectivity index (χ2n) is 4.41. The van der Waals surface area contributed by atoms with Crippen LogP contribution in [0.25, 0.3) is 0 Å². The van der Waals surface area contributed by atoms with Gasteiger partial charge in [-0.1, -0.05) is 46.3 Å². The van der Waals surface area contributed by atoms with Gasteiger partial charge < -0.3 is 4.57 Å². The van der Waals surface area contributed by atoms with E-state index in [0.717, 1.165) is 10.9 Å². The quantitative estimate of drug-likeness (QED) is 0.479. The molecule has 1 atom stereocenters. The molecule has 20 heavy (non-hydrogen) atoms. The van der Waals surface area contributed by atoms with Gasteiger partial charge in [0.05, 0.1) is 11.1 Å². The Hall–Kier alpha value is -1.95. The SMILES string of the molecule is O=c1ccn(CC(CBr)c2ccccc2)cc1[N+](=O)[O-].